The Morgan fingerprint density at radius 3 is 2.70 bits per heavy atom. The van der Waals surface area contributed by atoms with Crippen LogP contribution in [0.25, 0.3) is 10.6 Å². The highest BCUT2D eigenvalue weighted by molar-refractivity contribution is 7.90. The summed E-state index contributed by atoms with van der Waals surface area (Å²) >= 11 is 1.40. The van der Waals surface area contributed by atoms with E-state index in [0.29, 0.717) is 30.3 Å². The molecular formula is C19H16N2O4S2. The van der Waals surface area contributed by atoms with E-state index in [9.17, 15) is 13.2 Å². The van der Waals surface area contributed by atoms with Crippen LogP contribution in [0.3, 0.4) is 0 Å². The van der Waals surface area contributed by atoms with Gasteiger partial charge < -0.3 is 9.64 Å². The highest BCUT2D eigenvalue weighted by Crippen LogP contribution is 2.35. The minimum atomic E-state index is -3.39. The van der Waals surface area contributed by atoms with Crippen LogP contribution < -0.4 is 9.64 Å². The SMILES string of the molecule is CS(=O)(=O)c1ccc2c(c1)N(C(=O)c1csc(-c3ccccc3)n1)CCO2. The Morgan fingerprint density at radius 1 is 1.19 bits per heavy atom. The fourth-order valence-electron chi connectivity index (χ4n) is 2.86. The number of benzene rings is 2. The molecule has 2 heterocycles. The van der Waals surface area contributed by atoms with Crippen molar-refractivity contribution >= 4 is 32.8 Å². The van der Waals surface area contributed by atoms with Crippen LogP contribution >= 0.6 is 11.3 Å². The molecule has 0 aliphatic carbocycles. The van der Waals surface area contributed by atoms with Crippen molar-refractivity contribution in [2.24, 2.45) is 0 Å². The third-order valence-corrected chi connectivity index (χ3v) is 6.21. The summed E-state index contributed by atoms with van der Waals surface area (Å²) in [6.07, 6.45) is 1.14. The smallest absolute Gasteiger partial charge is 0.277 e. The van der Waals surface area contributed by atoms with Crippen LogP contribution in [0.15, 0.2) is 58.8 Å². The number of hydrogen-bond donors (Lipinski definition) is 0. The van der Waals surface area contributed by atoms with E-state index < -0.39 is 9.84 Å². The van der Waals surface area contributed by atoms with Gasteiger partial charge in [-0.15, -0.1) is 11.3 Å². The van der Waals surface area contributed by atoms with Gasteiger partial charge in [0.2, 0.25) is 0 Å². The van der Waals surface area contributed by atoms with Crippen molar-refractivity contribution in [2.45, 2.75) is 4.90 Å². The lowest BCUT2D eigenvalue weighted by atomic mass is 10.2. The largest absolute Gasteiger partial charge is 0.490 e. The zero-order valence-electron chi connectivity index (χ0n) is 14.5. The Hall–Kier alpha value is -2.71. The number of amides is 1. The molecule has 0 saturated carbocycles. The predicted octanol–water partition coefficient (Wildman–Crippen LogP) is 3.25. The average Bonchev–Trinajstić information content (AvgIpc) is 3.17. The molecular weight excluding hydrogens is 384 g/mol. The van der Waals surface area contributed by atoms with Crippen molar-refractivity contribution in [3.05, 3.63) is 59.6 Å². The highest BCUT2D eigenvalue weighted by atomic mass is 32.2. The summed E-state index contributed by atoms with van der Waals surface area (Å²) in [5, 5.41) is 2.48. The van der Waals surface area contributed by atoms with Crippen molar-refractivity contribution in [1.82, 2.24) is 4.98 Å². The van der Waals surface area contributed by atoms with Crippen molar-refractivity contribution in [3.8, 4) is 16.3 Å². The molecule has 1 amide bonds. The number of fused-ring (bicyclic) bond motifs is 1. The van der Waals surface area contributed by atoms with Gasteiger partial charge in [0, 0.05) is 17.2 Å². The number of carbonyl (C=O) groups is 1. The number of nitrogens with zero attached hydrogens (tertiary/aromatic N) is 2. The molecule has 0 N–H and O–H groups in total. The van der Waals surface area contributed by atoms with E-state index in [-0.39, 0.29) is 10.8 Å². The normalized spacial score (nSPS) is 13.7. The molecule has 0 saturated heterocycles. The molecule has 0 radical (unpaired) electrons. The second-order valence-corrected chi connectivity index (χ2v) is 8.98. The lowest BCUT2D eigenvalue weighted by molar-refractivity contribution is 0.0972. The van der Waals surface area contributed by atoms with Crippen LogP contribution in [0, 0.1) is 0 Å². The second kappa shape index (κ2) is 6.79. The summed E-state index contributed by atoms with van der Waals surface area (Å²) in [5.41, 5.74) is 1.73. The van der Waals surface area contributed by atoms with Gasteiger partial charge in [-0.3, -0.25) is 4.79 Å². The molecule has 138 valence electrons. The van der Waals surface area contributed by atoms with E-state index in [2.05, 4.69) is 4.98 Å². The van der Waals surface area contributed by atoms with Crippen molar-refractivity contribution in [3.63, 3.8) is 0 Å². The summed E-state index contributed by atoms with van der Waals surface area (Å²) in [6, 6.07) is 14.2. The van der Waals surface area contributed by atoms with Crippen LogP contribution in [0.5, 0.6) is 5.75 Å². The molecule has 0 spiro atoms. The lowest BCUT2D eigenvalue weighted by Crippen LogP contribution is -2.38. The molecule has 8 heteroatoms. The minimum Gasteiger partial charge on any atom is -0.490 e. The van der Waals surface area contributed by atoms with Crippen molar-refractivity contribution < 1.29 is 17.9 Å². The molecule has 0 unspecified atom stereocenters. The van der Waals surface area contributed by atoms with Gasteiger partial charge >= 0.3 is 0 Å². The summed E-state index contributed by atoms with van der Waals surface area (Å²) in [4.78, 5) is 19.2. The monoisotopic (exact) mass is 400 g/mol. The molecule has 6 nitrogen and oxygen atoms in total. The maximum atomic E-state index is 13.0. The first kappa shape index (κ1) is 17.7. The Morgan fingerprint density at radius 2 is 1.96 bits per heavy atom. The van der Waals surface area contributed by atoms with Gasteiger partial charge in [0.05, 0.1) is 17.1 Å². The molecule has 1 aliphatic heterocycles. The maximum absolute atomic E-state index is 13.0. The number of rotatable bonds is 3. The fraction of sp³-hybridized carbons (Fsp3) is 0.158. The van der Waals surface area contributed by atoms with E-state index in [1.807, 2.05) is 30.3 Å². The number of thiazole rings is 1. The molecule has 1 aromatic heterocycles. The molecule has 0 atom stereocenters. The van der Waals surface area contributed by atoms with Crippen LogP contribution in [0.4, 0.5) is 5.69 Å². The Bertz CT molecular complexity index is 1110. The number of sulfone groups is 1. The van der Waals surface area contributed by atoms with Crippen LogP contribution in [0.2, 0.25) is 0 Å². The van der Waals surface area contributed by atoms with E-state index in [0.717, 1.165) is 16.8 Å². The van der Waals surface area contributed by atoms with Crippen LogP contribution in [-0.4, -0.2) is 38.7 Å². The third-order valence-electron chi connectivity index (χ3n) is 4.21. The molecule has 27 heavy (non-hydrogen) atoms. The number of ether oxygens (including phenoxy) is 1. The summed E-state index contributed by atoms with van der Waals surface area (Å²) in [5.74, 6) is 0.212. The lowest BCUT2D eigenvalue weighted by Gasteiger charge is -2.29. The Balaban J connectivity index is 1.69. The fourth-order valence-corrected chi connectivity index (χ4v) is 4.30. The molecule has 4 rings (SSSR count). The predicted molar refractivity (Wildman–Crippen MR) is 104 cm³/mol. The zero-order valence-corrected chi connectivity index (χ0v) is 16.1. The molecule has 2 aromatic carbocycles. The van der Waals surface area contributed by atoms with E-state index in [4.69, 9.17) is 4.74 Å². The van der Waals surface area contributed by atoms with E-state index in [1.165, 1.54) is 28.4 Å². The second-order valence-electron chi connectivity index (χ2n) is 6.11. The van der Waals surface area contributed by atoms with Crippen LogP contribution in [-0.2, 0) is 9.84 Å². The van der Waals surface area contributed by atoms with Gasteiger partial charge in [-0.05, 0) is 18.2 Å². The Labute approximate surface area is 161 Å². The molecule has 3 aromatic rings. The highest BCUT2D eigenvalue weighted by Gasteiger charge is 2.27. The zero-order chi connectivity index (χ0) is 19.0. The quantitative estimate of drug-likeness (QED) is 0.675. The average molecular weight is 400 g/mol. The minimum absolute atomic E-state index is 0.146. The van der Waals surface area contributed by atoms with Gasteiger partial charge in [0.25, 0.3) is 5.91 Å². The van der Waals surface area contributed by atoms with Gasteiger partial charge in [0.15, 0.2) is 9.84 Å². The number of hydrogen-bond acceptors (Lipinski definition) is 6. The van der Waals surface area contributed by atoms with Crippen molar-refractivity contribution in [1.29, 1.82) is 0 Å². The van der Waals surface area contributed by atoms with Gasteiger partial charge in [0.1, 0.15) is 23.1 Å². The molecule has 0 fully saturated rings. The summed E-state index contributed by atoms with van der Waals surface area (Å²) in [7, 11) is -3.39. The van der Waals surface area contributed by atoms with Crippen LogP contribution in [0.1, 0.15) is 10.5 Å². The third kappa shape index (κ3) is 3.45. The molecule has 0 bridgehead atoms. The van der Waals surface area contributed by atoms with Crippen molar-refractivity contribution in [2.75, 3.05) is 24.3 Å². The van der Waals surface area contributed by atoms with Gasteiger partial charge in [-0.25, -0.2) is 13.4 Å². The summed E-state index contributed by atoms with van der Waals surface area (Å²) in [6.45, 7) is 0.671. The first-order valence-electron chi connectivity index (χ1n) is 8.23. The topological polar surface area (TPSA) is 76.6 Å². The number of aromatic nitrogens is 1. The van der Waals surface area contributed by atoms with E-state index in [1.54, 1.807) is 11.4 Å². The Kier molecular flexibility index (Phi) is 4.45. The van der Waals surface area contributed by atoms with Gasteiger partial charge in [-0.2, -0.15) is 0 Å². The number of carbonyl (C=O) groups excluding carboxylic acids is 1. The van der Waals surface area contributed by atoms with E-state index >= 15 is 0 Å². The summed E-state index contributed by atoms with van der Waals surface area (Å²) < 4.78 is 29.3. The number of anilines is 1. The van der Waals surface area contributed by atoms with Gasteiger partial charge in [-0.1, -0.05) is 30.3 Å². The first-order valence-corrected chi connectivity index (χ1v) is 11.0. The first-order chi connectivity index (χ1) is 12.9. The standard InChI is InChI=1S/C19H16N2O4S2/c1-27(23,24)14-7-8-17-16(11-14)21(9-10-25-17)19(22)15-12-26-18(20-15)13-5-3-2-4-6-13/h2-8,11-12H,9-10H2,1H3. The molecule has 1 aliphatic rings. The maximum Gasteiger partial charge on any atom is 0.277 e.